The molecule has 1 aromatic carbocycles. The number of carboxylic acid groups (broad SMARTS) is 1. The number of carboxylic acids is 1. The molecule has 94 valence electrons. The van der Waals surface area contributed by atoms with Gasteiger partial charge in [-0.25, -0.2) is 0 Å². The lowest BCUT2D eigenvalue weighted by atomic mass is 10.0. The summed E-state index contributed by atoms with van der Waals surface area (Å²) in [5.74, 6) is 1.73. The molecule has 3 heteroatoms. The average Bonchev–Trinajstić information content (AvgIpc) is 2.70. The maximum Gasteiger partial charge on any atom is 0.317 e. The molecule has 1 aliphatic carbocycles. The highest BCUT2D eigenvalue weighted by atomic mass is 16.4. The summed E-state index contributed by atoms with van der Waals surface area (Å²) in [5.41, 5.74) is 3.76. The summed E-state index contributed by atoms with van der Waals surface area (Å²) in [6, 6.07) is 6.54. The van der Waals surface area contributed by atoms with E-state index in [4.69, 9.17) is 11.5 Å². The fraction of sp³-hybridized carbons (Fsp3) is 0.400. The lowest BCUT2D eigenvalue weighted by molar-refractivity contribution is -0.138. The van der Waals surface area contributed by atoms with Crippen LogP contribution in [-0.4, -0.2) is 29.1 Å². The Kier molecular flexibility index (Phi) is 3.69. The van der Waals surface area contributed by atoms with Crippen LogP contribution in [0.5, 0.6) is 0 Å². The van der Waals surface area contributed by atoms with Crippen LogP contribution in [0.15, 0.2) is 18.2 Å². The maximum atomic E-state index is 10.9. The van der Waals surface area contributed by atoms with Crippen LogP contribution < -0.4 is 0 Å². The number of fused-ring (bicyclic) bond motifs is 1. The van der Waals surface area contributed by atoms with Crippen LogP contribution in [0.1, 0.15) is 29.2 Å². The molecule has 1 aromatic rings. The van der Waals surface area contributed by atoms with Crippen LogP contribution in [0, 0.1) is 19.3 Å². The monoisotopic (exact) mass is 243 g/mol. The first-order chi connectivity index (χ1) is 8.61. The number of aryl methyl sites for hydroxylation is 2. The SMILES string of the molecule is C#CCN(CC(=O)O)C1CCc2ccc(C)cc21. The number of hydrogen-bond acceptors (Lipinski definition) is 2. The summed E-state index contributed by atoms with van der Waals surface area (Å²) < 4.78 is 0. The Morgan fingerprint density at radius 1 is 1.61 bits per heavy atom. The molecule has 1 aliphatic rings. The topological polar surface area (TPSA) is 40.5 Å². The molecule has 0 saturated carbocycles. The molecule has 1 unspecified atom stereocenters. The molecule has 0 spiro atoms. The van der Waals surface area contributed by atoms with Crippen LogP contribution in [-0.2, 0) is 11.2 Å². The Hall–Kier alpha value is -1.79. The first-order valence-corrected chi connectivity index (χ1v) is 6.10. The summed E-state index contributed by atoms with van der Waals surface area (Å²) in [4.78, 5) is 12.8. The molecule has 18 heavy (non-hydrogen) atoms. The molecule has 0 radical (unpaired) electrons. The van der Waals surface area contributed by atoms with Gasteiger partial charge in [0, 0.05) is 6.04 Å². The number of rotatable bonds is 4. The second kappa shape index (κ2) is 5.24. The predicted octanol–water partition coefficient (Wildman–Crippen LogP) is 2.00. The van der Waals surface area contributed by atoms with Gasteiger partial charge in [-0.15, -0.1) is 6.42 Å². The van der Waals surface area contributed by atoms with E-state index in [2.05, 4.69) is 31.0 Å². The molecule has 0 saturated heterocycles. The quantitative estimate of drug-likeness (QED) is 0.822. The smallest absolute Gasteiger partial charge is 0.317 e. The van der Waals surface area contributed by atoms with Crippen molar-refractivity contribution in [1.82, 2.24) is 4.90 Å². The van der Waals surface area contributed by atoms with Gasteiger partial charge in [-0.1, -0.05) is 29.7 Å². The Bertz CT molecular complexity index is 502. The van der Waals surface area contributed by atoms with Crippen LogP contribution in [0.3, 0.4) is 0 Å². The average molecular weight is 243 g/mol. The van der Waals surface area contributed by atoms with Crippen molar-refractivity contribution in [2.24, 2.45) is 0 Å². The minimum atomic E-state index is -0.827. The van der Waals surface area contributed by atoms with Gasteiger partial charge >= 0.3 is 5.97 Å². The molecule has 0 bridgehead atoms. The minimum absolute atomic E-state index is 0.00223. The van der Waals surface area contributed by atoms with E-state index in [0.29, 0.717) is 6.54 Å². The molecule has 0 fully saturated rings. The summed E-state index contributed by atoms with van der Waals surface area (Å²) >= 11 is 0. The van der Waals surface area contributed by atoms with E-state index >= 15 is 0 Å². The summed E-state index contributed by atoms with van der Waals surface area (Å²) in [7, 11) is 0. The van der Waals surface area contributed by atoms with Crippen molar-refractivity contribution in [2.75, 3.05) is 13.1 Å². The van der Waals surface area contributed by atoms with Gasteiger partial charge in [-0.05, 0) is 30.9 Å². The predicted molar refractivity (Wildman–Crippen MR) is 70.3 cm³/mol. The summed E-state index contributed by atoms with van der Waals surface area (Å²) in [6.07, 6.45) is 7.29. The van der Waals surface area contributed by atoms with E-state index in [-0.39, 0.29) is 12.6 Å². The third kappa shape index (κ3) is 2.55. The standard InChI is InChI=1S/C15H17NO2/c1-3-8-16(10-15(17)18)14-7-6-12-5-4-11(2)9-13(12)14/h1,4-5,9,14H,6-8,10H2,2H3,(H,17,18). The van der Waals surface area contributed by atoms with E-state index in [0.717, 1.165) is 12.8 Å². The van der Waals surface area contributed by atoms with Crippen molar-refractivity contribution in [3.8, 4) is 12.3 Å². The fourth-order valence-corrected chi connectivity index (χ4v) is 2.65. The third-order valence-corrected chi connectivity index (χ3v) is 3.42. The molecule has 0 heterocycles. The normalized spacial score (nSPS) is 17.5. The van der Waals surface area contributed by atoms with Crippen LogP contribution in [0.4, 0.5) is 0 Å². The number of terminal acetylenes is 1. The number of aliphatic carboxylic acids is 1. The zero-order chi connectivity index (χ0) is 13.1. The summed E-state index contributed by atoms with van der Waals surface area (Å²) in [5, 5.41) is 8.96. The van der Waals surface area contributed by atoms with Gasteiger partial charge in [-0.2, -0.15) is 0 Å². The Labute approximate surface area is 107 Å². The van der Waals surface area contributed by atoms with Crippen molar-refractivity contribution in [3.63, 3.8) is 0 Å². The van der Waals surface area contributed by atoms with Gasteiger partial charge < -0.3 is 5.11 Å². The first kappa shape index (κ1) is 12.7. The second-order valence-corrected chi connectivity index (χ2v) is 4.76. The van der Waals surface area contributed by atoms with Crippen molar-refractivity contribution in [3.05, 3.63) is 34.9 Å². The Morgan fingerprint density at radius 3 is 3.06 bits per heavy atom. The molecule has 0 aliphatic heterocycles. The Morgan fingerprint density at radius 2 is 2.39 bits per heavy atom. The van der Waals surface area contributed by atoms with Gasteiger partial charge in [0.05, 0.1) is 13.1 Å². The zero-order valence-corrected chi connectivity index (χ0v) is 10.5. The number of benzene rings is 1. The van der Waals surface area contributed by atoms with Gasteiger partial charge in [0.15, 0.2) is 0 Å². The van der Waals surface area contributed by atoms with E-state index in [1.165, 1.54) is 16.7 Å². The number of hydrogen-bond donors (Lipinski definition) is 1. The van der Waals surface area contributed by atoms with Gasteiger partial charge in [0.25, 0.3) is 0 Å². The van der Waals surface area contributed by atoms with Crippen LogP contribution in [0.25, 0.3) is 0 Å². The minimum Gasteiger partial charge on any atom is -0.480 e. The van der Waals surface area contributed by atoms with Gasteiger partial charge in [0.2, 0.25) is 0 Å². The van der Waals surface area contributed by atoms with E-state index in [9.17, 15) is 4.79 Å². The maximum absolute atomic E-state index is 10.9. The largest absolute Gasteiger partial charge is 0.480 e. The molecule has 1 atom stereocenters. The lowest BCUT2D eigenvalue weighted by Gasteiger charge is -2.26. The highest BCUT2D eigenvalue weighted by Gasteiger charge is 2.28. The molecule has 0 aromatic heterocycles. The van der Waals surface area contributed by atoms with Gasteiger partial charge in [0.1, 0.15) is 0 Å². The second-order valence-electron chi connectivity index (χ2n) is 4.76. The van der Waals surface area contributed by atoms with E-state index in [1.54, 1.807) is 0 Å². The van der Waals surface area contributed by atoms with Crippen molar-refractivity contribution >= 4 is 5.97 Å². The molecule has 3 nitrogen and oxygen atoms in total. The molecule has 1 N–H and O–H groups in total. The van der Waals surface area contributed by atoms with Crippen molar-refractivity contribution in [2.45, 2.75) is 25.8 Å². The summed E-state index contributed by atoms with van der Waals surface area (Å²) in [6.45, 7) is 2.44. The fourth-order valence-electron chi connectivity index (χ4n) is 2.65. The molecular weight excluding hydrogens is 226 g/mol. The van der Waals surface area contributed by atoms with Crippen molar-refractivity contribution < 1.29 is 9.90 Å². The lowest BCUT2D eigenvalue weighted by Crippen LogP contribution is -2.33. The third-order valence-electron chi connectivity index (χ3n) is 3.42. The number of carbonyl (C=O) groups is 1. The molecular formula is C15H17NO2. The first-order valence-electron chi connectivity index (χ1n) is 6.10. The van der Waals surface area contributed by atoms with Crippen LogP contribution >= 0.6 is 0 Å². The van der Waals surface area contributed by atoms with Crippen molar-refractivity contribution in [1.29, 1.82) is 0 Å². The zero-order valence-electron chi connectivity index (χ0n) is 10.5. The highest BCUT2D eigenvalue weighted by molar-refractivity contribution is 5.69. The highest BCUT2D eigenvalue weighted by Crippen LogP contribution is 2.35. The molecule has 0 amide bonds. The Balaban J connectivity index is 2.27. The van der Waals surface area contributed by atoms with E-state index < -0.39 is 5.97 Å². The molecule has 2 rings (SSSR count). The number of nitrogens with zero attached hydrogens (tertiary/aromatic N) is 1. The van der Waals surface area contributed by atoms with Gasteiger partial charge in [-0.3, -0.25) is 9.69 Å². The van der Waals surface area contributed by atoms with Crippen LogP contribution in [0.2, 0.25) is 0 Å². The van der Waals surface area contributed by atoms with E-state index in [1.807, 2.05) is 4.90 Å².